The zero-order valence-corrected chi connectivity index (χ0v) is 35.7. The summed E-state index contributed by atoms with van der Waals surface area (Å²) in [5.74, 6) is 5.14. The molecule has 3 N–H and O–H groups in total. The Morgan fingerprint density at radius 2 is 1.86 bits per heavy atom. The van der Waals surface area contributed by atoms with Gasteiger partial charge in [0, 0.05) is 39.3 Å². The number of amides is 3. The lowest BCUT2D eigenvalue weighted by atomic mass is 9.96. The van der Waals surface area contributed by atoms with Crippen molar-refractivity contribution in [3.05, 3.63) is 64.1 Å². The van der Waals surface area contributed by atoms with Crippen molar-refractivity contribution in [1.29, 1.82) is 0 Å². The predicted molar refractivity (Wildman–Crippen MR) is 229 cm³/mol. The van der Waals surface area contributed by atoms with E-state index < -0.39 is 30.0 Å². The van der Waals surface area contributed by atoms with Crippen LogP contribution in [0.4, 0.5) is 20.3 Å². The van der Waals surface area contributed by atoms with Crippen molar-refractivity contribution in [1.82, 2.24) is 43.7 Å². The van der Waals surface area contributed by atoms with Crippen molar-refractivity contribution >= 4 is 45.9 Å². The summed E-state index contributed by atoms with van der Waals surface area (Å²) >= 11 is 0. The average molecular weight is 884 g/mol. The van der Waals surface area contributed by atoms with E-state index in [9.17, 15) is 33.1 Å². The molecule has 3 atom stereocenters. The van der Waals surface area contributed by atoms with E-state index in [1.807, 2.05) is 17.0 Å². The third-order valence-electron chi connectivity index (χ3n) is 12.9. The molecule has 0 spiro atoms. The molecule has 1 aromatic carbocycles. The molecule has 0 radical (unpaired) electrons. The lowest BCUT2D eigenvalue weighted by molar-refractivity contribution is -0.135. The SMILES string of the molecule is CN1CCC(OCC#Cc2cccc3c2n(C)c(=O)n3C2CCC(=O)NC2=O)CC1.O=C(Nc1cn(C2CCCCC2)nc1C(F)F)c1cnn2cc(O)c(N3CC4CC3CO4)nc12. The van der Waals surface area contributed by atoms with E-state index in [-0.39, 0.29) is 65.0 Å². The number of likely N-dealkylation sites (tertiary alicyclic amines) is 1. The number of aromatic nitrogens is 7. The number of anilines is 2. The monoisotopic (exact) mass is 883 g/mol. The number of morpholine rings is 1. The first kappa shape index (κ1) is 43.1. The first-order chi connectivity index (χ1) is 30.9. The highest BCUT2D eigenvalue weighted by Gasteiger charge is 2.41. The summed E-state index contributed by atoms with van der Waals surface area (Å²) in [5.41, 5.74) is 1.62. The highest BCUT2D eigenvalue weighted by molar-refractivity contribution is 6.08. The fraction of sp³-hybridized carbons (Fsp3) is 0.523. The van der Waals surface area contributed by atoms with Gasteiger partial charge in [0.25, 0.3) is 12.3 Å². The Morgan fingerprint density at radius 3 is 2.58 bits per heavy atom. The van der Waals surface area contributed by atoms with Gasteiger partial charge in [-0.3, -0.25) is 33.5 Å². The number of benzene rings is 1. The van der Waals surface area contributed by atoms with Crippen molar-refractivity contribution in [3.8, 4) is 17.6 Å². The Hall–Kier alpha value is -6.17. The van der Waals surface area contributed by atoms with E-state index >= 15 is 0 Å². The fourth-order valence-electron chi connectivity index (χ4n) is 9.52. The maximum atomic E-state index is 13.7. The molecular weight excluding hydrogens is 833 g/mol. The van der Waals surface area contributed by atoms with E-state index in [1.165, 1.54) is 32.2 Å². The Morgan fingerprint density at radius 1 is 1.06 bits per heavy atom. The summed E-state index contributed by atoms with van der Waals surface area (Å²) < 4.78 is 44.7. The standard InChI is InChI=1S/C22H25F2N7O3.C22H26N4O4/c23-19(24)18-16(9-30(28-18)12-4-2-1-3-5-12)26-22(33)15-7-25-31-10-17(32)21(27-20(15)31)29-8-14-6-13(29)11-34-14;1-24-12-10-16(11-13-24)30-14-4-6-15-5-3-7-17-20(15)25(2)22(29)26(17)18-8-9-19(27)23-21(18)28/h7,9-10,12-14,19,32H,1-6,8,11H2,(H,26,33);3,5,7,16,18H,8-14H2,1-2H3,(H,23,27,28). The summed E-state index contributed by atoms with van der Waals surface area (Å²) in [7, 11) is 3.79. The Kier molecular flexibility index (Phi) is 12.2. The van der Waals surface area contributed by atoms with Gasteiger partial charge in [-0.05, 0) is 57.7 Å². The van der Waals surface area contributed by atoms with Crippen molar-refractivity contribution in [3.63, 3.8) is 0 Å². The third kappa shape index (κ3) is 8.58. The lowest BCUT2D eigenvalue weighted by Gasteiger charge is -2.28. The van der Waals surface area contributed by atoms with Crippen LogP contribution in [0.15, 0.2) is 41.6 Å². The lowest BCUT2D eigenvalue weighted by Crippen LogP contribution is -2.44. The minimum Gasteiger partial charge on any atom is -0.503 e. The number of piperidine rings is 2. The second kappa shape index (κ2) is 18.1. The molecule has 5 aromatic rings. The Balaban J connectivity index is 0.000000163. The number of alkyl halides is 2. The molecule has 1 saturated carbocycles. The van der Waals surface area contributed by atoms with Crippen LogP contribution in [-0.2, 0) is 26.1 Å². The number of aromatic hydroxyl groups is 1. The molecular formula is C44H51F2N11O7. The van der Waals surface area contributed by atoms with Crippen LogP contribution in [0.2, 0.25) is 0 Å². The molecule has 338 valence electrons. The zero-order valence-electron chi connectivity index (χ0n) is 35.7. The molecule has 18 nitrogen and oxygen atoms in total. The van der Waals surface area contributed by atoms with Gasteiger partial charge in [0.1, 0.15) is 18.2 Å². The number of para-hydroxylation sites is 1. The van der Waals surface area contributed by atoms with Crippen molar-refractivity contribution in [2.45, 2.75) is 101 Å². The first-order valence-corrected chi connectivity index (χ1v) is 21.9. The molecule has 5 fully saturated rings. The number of nitrogens with zero attached hydrogens (tertiary/aromatic N) is 9. The van der Waals surface area contributed by atoms with Crippen LogP contribution in [0.3, 0.4) is 0 Å². The maximum absolute atomic E-state index is 13.7. The molecule has 3 amide bonds. The molecule has 64 heavy (non-hydrogen) atoms. The van der Waals surface area contributed by atoms with Crippen LogP contribution in [0.1, 0.15) is 104 Å². The van der Waals surface area contributed by atoms with E-state index in [1.54, 1.807) is 17.8 Å². The largest absolute Gasteiger partial charge is 0.503 e. The van der Waals surface area contributed by atoms with Crippen molar-refractivity contribution < 1.29 is 37.7 Å². The smallest absolute Gasteiger partial charge is 0.329 e. The van der Waals surface area contributed by atoms with Crippen LogP contribution in [0.25, 0.3) is 16.7 Å². The number of hydrogen-bond acceptors (Lipinski definition) is 12. The van der Waals surface area contributed by atoms with Gasteiger partial charge in [-0.1, -0.05) is 37.2 Å². The number of rotatable bonds is 8. The molecule has 20 heteroatoms. The zero-order chi connectivity index (χ0) is 44.6. The van der Waals surface area contributed by atoms with Gasteiger partial charge in [-0.15, -0.1) is 0 Å². The molecule has 4 aliphatic heterocycles. The predicted octanol–water partition coefficient (Wildman–Crippen LogP) is 4.08. The molecule has 10 rings (SSSR count). The molecule has 8 heterocycles. The van der Waals surface area contributed by atoms with Gasteiger partial charge < -0.3 is 29.7 Å². The second-order valence-corrected chi connectivity index (χ2v) is 17.2. The van der Waals surface area contributed by atoms with E-state index in [4.69, 9.17) is 9.47 Å². The summed E-state index contributed by atoms with van der Waals surface area (Å²) in [6.07, 6.45) is 10.1. The van der Waals surface area contributed by atoms with Crippen LogP contribution in [0, 0.1) is 11.8 Å². The van der Waals surface area contributed by atoms with E-state index in [0.717, 1.165) is 64.5 Å². The number of carbonyl (C=O) groups excluding carboxylic acids is 3. The van der Waals surface area contributed by atoms with Crippen LogP contribution < -0.4 is 21.2 Å². The Bertz CT molecular complexity index is 2700. The number of imide groups is 1. The average Bonchev–Trinajstić information content (AvgIpc) is 4.14. The topological polar surface area (TPSA) is 195 Å². The Labute approximate surface area is 366 Å². The van der Waals surface area contributed by atoms with Crippen molar-refractivity contribution in [2.75, 3.05) is 50.1 Å². The quantitative estimate of drug-likeness (QED) is 0.150. The van der Waals surface area contributed by atoms with Crippen LogP contribution in [-0.4, -0.2) is 119 Å². The van der Waals surface area contributed by atoms with Gasteiger partial charge in [0.15, 0.2) is 22.9 Å². The van der Waals surface area contributed by atoms with Gasteiger partial charge in [0.05, 0.1) is 65.6 Å². The number of hydrogen-bond donors (Lipinski definition) is 3. The number of aryl methyl sites for hydroxylation is 1. The molecule has 4 aromatic heterocycles. The van der Waals surface area contributed by atoms with E-state index in [2.05, 4.69) is 49.6 Å². The number of nitrogens with one attached hydrogen (secondary N) is 2. The summed E-state index contributed by atoms with van der Waals surface area (Å²) in [4.78, 5) is 58.6. The summed E-state index contributed by atoms with van der Waals surface area (Å²) in [6, 6.07) is 4.97. The molecule has 3 unspecified atom stereocenters. The van der Waals surface area contributed by atoms with Gasteiger partial charge in [-0.25, -0.2) is 23.1 Å². The minimum atomic E-state index is -2.82. The van der Waals surface area contributed by atoms with Crippen LogP contribution >= 0.6 is 0 Å². The van der Waals surface area contributed by atoms with Crippen molar-refractivity contribution in [2.24, 2.45) is 7.05 Å². The highest BCUT2D eigenvalue weighted by atomic mass is 19.3. The number of halogens is 2. The number of fused-ring (bicyclic) bond motifs is 4. The summed E-state index contributed by atoms with van der Waals surface area (Å²) in [6.45, 7) is 3.58. The fourth-order valence-corrected chi connectivity index (χ4v) is 9.52. The maximum Gasteiger partial charge on any atom is 0.329 e. The first-order valence-electron chi connectivity index (χ1n) is 21.9. The van der Waals surface area contributed by atoms with E-state index in [0.29, 0.717) is 48.6 Å². The molecule has 2 bridgehead atoms. The number of carbonyl (C=O) groups is 3. The summed E-state index contributed by atoms with van der Waals surface area (Å²) in [5, 5.41) is 23.6. The number of imidazole rings is 1. The highest BCUT2D eigenvalue weighted by Crippen LogP contribution is 2.37. The van der Waals surface area contributed by atoms with Gasteiger partial charge >= 0.3 is 5.69 Å². The normalized spacial score (nSPS) is 21.9. The number of ether oxygens (including phenoxy) is 2. The third-order valence-corrected chi connectivity index (χ3v) is 12.9. The van der Waals surface area contributed by atoms with Gasteiger partial charge in [-0.2, -0.15) is 10.2 Å². The molecule has 4 saturated heterocycles. The molecule has 5 aliphatic rings. The minimum absolute atomic E-state index is 0.0158. The second-order valence-electron chi connectivity index (χ2n) is 17.2. The van der Waals surface area contributed by atoms with Gasteiger partial charge in [0.2, 0.25) is 11.8 Å². The molecule has 1 aliphatic carbocycles. The van der Waals surface area contributed by atoms with Crippen LogP contribution in [0.5, 0.6) is 5.75 Å².